The molecular weight excluding hydrogens is 337 g/mol. The molecule has 0 radical (unpaired) electrons. The Bertz CT molecular complexity index is 741. The zero-order valence-electron chi connectivity index (χ0n) is 13.1. The van der Waals surface area contributed by atoms with Gasteiger partial charge in [0.2, 0.25) is 5.91 Å². The van der Waals surface area contributed by atoms with E-state index < -0.39 is 17.6 Å². The highest BCUT2D eigenvalue weighted by Gasteiger charge is 2.34. The van der Waals surface area contributed by atoms with Crippen LogP contribution >= 0.6 is 11.3 Å². The minimum Gasteiger partial charge on any atom is -0.324 e. The van der Waals surface area contributed by atoms with Gasteiger partial charge in [-0.2, -0.15) is 13.2 Å². The number of benzene rings is 1. The van der Waals surface area contributed by atoms with Crippen LogP contribution < -0.4 is 5.32 Å². The number of alkyl halides is 3. The summed E-state index contributed by atoms with van der Waals surface area (Å²) in [6.45, 7) is 2.81. The molecule has 2 aromatic rings. The molecule has 1 aromatic heterocycles. The number of halogens is 3. The molecule has 1 N–H and O–H groups in total. The Morgan fingerprint density at radius 1 is 1.33 bits per heavy atom. The SMILES string of the molecule is CC1c2ccsc2CCN1CC(=O)Nc1ccccc1C(F)(F)F. The van der Waals surface area contributed by atoms with E-state index in [1.54, 1.807) is 11.3 Å². The predicted molar refractivity (Wildman–Crippen MR) is 88.1 cm³/mol. The van der Waals surface area contributed by atoms with E-state index in [4.69, 9.17) is 0 Å². The lowest BCUT2D eigenvalue weighted by Gasteiger charge is -2.33. The lowest BCUT2D eigenvalue weighted by atomic mass is 10.0. The quantitative estimate of drug-likeness (QED) is 0.890. The summed E-state index contributed by atoms with van der Waals surface area (Å²) in [7, 11) is 0. The Morgan fingerprint density at radius 2 is 2.08 bits per heavy atom. The molecule has 0 saturated heterocycles. The van der Waals surface area contributed by atoms with Crippen molar-refractivity contribution in [3.8, 4) is 0 Å². The molecule has 1 amide bonds. The Kier molecular flexibility index (Phi) is 4.64. The fourth-order valence-electron chi connectivity index (χ4n) is 2.99. The van der Waals surface area contributed by atoms with Crippen molar-refractivity contribution < 1.29 is 18.0 Å². The second kappa shape index (κ2) is 6.57. The van der Waals surface area contributed by atoms with Gasteiger partial charge in [-0.3, -0.25) is 9.69 Å². The van der Waals surface area contributed by atoms with E-state index in [1.165, 1.54) is 28.6 Å². The van der Waals surface area contributed by atoms with Crippen LogP contribution in [-0.4, -0.2) is 23.9 Å². The summed E-state index contributed by atoms with van der Waals surface area (Å²) in [5.74, 6) is -0.433. The predicted octanol–water partition coefficient (Wildman–Crippen LogP) is 4.32. The van der Waals surface area contributed by atoms with Crippen LogP contribution in [-0.2, 0) is 17.4 Å². The van der Waals surface area contributed by atoms with Gasteiger partial charge >= 0.3 is 6.18 Å². The first-order chi connectivity index (χ1) is 11.4. The van der Waals surface area contributed by atoms with Gasteiger partial charge in [-0.1, -0.05) is 12.1 Å². The van der Waals surface area contributed by atoms with Crippen LogP contribution in [0.5, 0.6) is 0 Å². The van der Waals surface area contributed by atoms with E-state index in [2.05, 4.69) is 5.32 Å². The second-order valence-corrected chi connectivity index (χ2v) is 6.79. The minimum absolute atomic E-state index is 0.0721. The summed E-state index contributed by atoms with van der Waals surface area (Å²) >= 11 is 1.71. The van der Waals surface area contributed by atoms with Gasteiger partial charge in [-0.05, 0) is 42.5 Å². The molecule has 1 atom stereocenters. The zero-order valence-corrected chi connectivity index (χ0v) is 13.9. The van der Waals surface area contributed by atoms with Crippen molar-refractivity contribution in [1.82, 2.24) is 4.90 Å². The highest BCUT2D eigenvalue weighted by atomic mass is 32.1. The maximum atomic E-state index is 13.0. The standard InChI is InChI=1S/C17H17F3N2OS/c1-11-12-7-9-24-15(12)6-8-22(11)10-16(23)21-14-5-3-2-4-13(14)17(18,19)20/h2-5,7,9,11H,6,8,10H2,1H3,(H,21,23). The Morgan fingerprint density at radius 3 is 2.83 bits per heavy atom. The number of hydrogen-bond acceptors (Lipinski definition) is 3. The molecule has 0 bridgehead atoms. The molecule has 3 rings (SSSR count). The van der Waals surface area contributed by atoms with Crippen molar-refractivity contribution in [3.05, 3.63) is 51.7 Å². The number of thiophene rings is 1. The normalized spacial score (nSPS) is 18.2. The van der Waals surface area contributed by atoms with Crippen molar-refractivity contribution in [1.29, 1.82) is 0 Å². The maximum absolute atomic E-state index is 13.0. The molecule has 1 aromatic carbocycles. The Balaban J connectivity index is 1.69. The van der Waals surface area contributed by atoms with E-state index in [9.17, 15) is 18.0 Å². The van der Waals surface area contributed by atoms with E-state index in [0.717, 1.165) is 19.0 Å². The summed E-state index contributed by atoms with van der Waals surface area (Å²) in [5, 5.41) is 4.44. The third kappa shape index (κ3) is 3.47. The molecule has 2 heterocycles. The second-order valence-electron chi connectivity index (χ2n) is 5.79. The van der Waals surface area contributed by atoms with Gasteiger partial charge in [0.25, 0.3) is 0 Å². The molecule has 0 fully saturated rings. The molecule has 128 valence electrons. The number of carbonyl (C=O) groups is 1. The van der Waals surface area contributed by atoms with Gasteiger partial charge in [0, 0.05) is 17.5 Å². The Hall–Kier alpha value is -1.86. The summed E-state index contributed by atoms with van der Waals surface area (Å²) in [4.78, 5) is 15.5. The molecule has 24 heavy (non-hydrogen) atoms. The van der Waals surface area contributed by atoms with Crippen molar-refractivity contribution >= 4 is 22.9 Å². The first kappa shape index (κ1) is 17.0. The maximum Gasteiger partial charge on any atom is 0.418 e. The number of rotatable bonds is 3. The highest BCUT2D eigenvalue weighted by molar-refractivity contribution is 7.10. The third-order valence-corrected chi connectivity index (χ3v) is 5.25. The van der Waals surface area contributed by atoms with Crippen LogP contribution in [0.3, 0.4) is 0 Å². The first-order valence-corrected chi connectivity index (χ1v) is 8.50. The van der Waals surface area contributed by atoms with E-state index in [1.807, 2.05) is 23.3 Å². The lowest BCUT2D eigenvalue weighted by Crippen LogP contribution is -2.39. The number of nitrogens with zero attached hydrogens (tertiary/aromatic N) is 1. The molecule has 1 aliphatic heterocycles. The van der Waals surface area contributed by atoms with Gasteiger partial charge in [0.05, 0.1) is 17.8 Å². The topological polar surface area (TPSA) is 32.3 Å². The van der Waals surface area contributed by atoms with E-state index >= 15 is 0 Å². The largest absolute Gasteiger partial charge is 0.418 e. The number of anilines is 1. The van der Waals surface area contributed by atoms with Gasteiger partial charge in [-0.15, -0.1) is 11.3 Å². The van der Waals surface area contributed by atoms with Crippen molar-refractivity contribution in [2.24, 2.45) is 0 Å². The lowest BCUT2D eigenvalue weighted by molar-refractivity contribution is -0.137. The van der Waals surface area contributed by atoms with Gasteiger partial charge in [0.15, 0.2) is 0 Å². The molecular formula is C17H17F3N2OS. The van der Waals surface area contributed by atoms with Crippen LogP contribution in [0.25, 0.3) is 0 Å². The van der Waals surface area contributed by atoms with Gasteiger partial charge in [0.1, 0.15) is 0 Å². The van der Waals surface area contributed by atoms with Crippen LogP contribution in [0.2, 0.25) is 0 Å². The van der Waals surface area contributed by atoms with E-state index in [0.29, 0.717) is 0 Å². The van der Waals surface area contributed by atoms with E-state index in [-0.39, 0.29) is 18.3 Å². The number of nitrogens with one attached hydrogen (secondary N) is 1. The van der Waals surface area contributed by atoms with Crippen molar-refractivity contribution in [3.63, 3.8) is 0 Å². The fourth-order valence-corrected chi connectivity index (χ4v) is 3.95. The summed E-state index contributed by atoms with van der Waals surface area (Å²) in [6, 6.07) is 7.17. The third-order valence-electron chi connectivity index (χ3n) is 4.26. The van der Waals surface area contributed by atoms with Crippen LogP contribution in [0, 0.1) is 0 Å². The first-order valence-electron chi connectivity index (χ1n) is 7.62. The molecule has 1 unspecified atom stereocenters. The highest BCUT2D eigenvalue weighted by Crippen LogP contribution is 2.35. The average Bonchev–Trinajstić information content (AvgIpc) is 2.99. The smallest absolute Gasteiger partial charge is 0.324 e. The minimum atomic E-state index is -4.49. The Labute approximate surface area is 142 Å². The van der Waals surface area contributed by atoms with Gasteiger partial charge in [-0.25, -0.2) is 0 Å². The van der Waals surface area contributed by atoms with Crippen molar-refractivity contribution in [2.45, 2.75) is 25.6 Å². The summed E-state index contributed by atoms with van der Waals surface area (Å²) in [5.41, 5.74) is 0.177. The average molecular weight is 354 g/mol. The monoisotopic (exact) mass is 354 g/mol. The molecule has 3 nitrogen and oxygen atoms in total. The van der Waals surface area contributed by atoms with Gasteiger partial charge < -0.3 is 5.32 Å². The number of fused-ring (bicyclic) bond motifs is 1. The number of carbonyl (C=O) groups excluding carboxylic acids is 1. The number of amides is 1. The fraction of sp³-hybridized carbons (Fsp3) is 0.353. The summed E-state index contributed by atoms with van der Waals surface area (Å²) in [6.07, 6.45) is -3.63. The molecule has 0 spiro atoms. The van der Waals surface area contributed by atoms with Crippen LogP contribution in [0.4, 0.5) is 18.9 Å². The summed E-state index contributed by atoms with van der Waals surface area (Å²) < 4.78 is 39.0. The molecule has 1 aliphatic rings. The van der Waals surface area contributed by atoms with Crippen molar-refractivity contribution in [2.75, 3.05) is 18.4 Å². The van der Waals surface area contributed by atoms with Crippen LogP contribution in [0.1, 0.15) is 29.0 Å². The number of para-hydroxylation sites is 1. The molecule has 0 saturated carbocycles. The number of hydrogen-bond donors (Lipinski definition) is 1. The molecule has 7 heteroatoms. The molecule has 0 aliphatic carbocycles. The van der Waals surface area contributed by atoms with Crippen LogP contribution in [0.15, 0.2) is 35.7 Å². The zero-order chi connectivity index (χ0) is 17.3.